The Balaban J connectivity index is 1.39. The number of hydrogen-bond donors (Lipinski definition) is 0. The average Bonchev–Trinajstić information content (AvgIpc) is 2.63. The van der Waals surface area contributed by atoms with Crippen LogP contribution in [0.1, 0.15) is 30.4 Å². The highest BCUT2D eigenvalue weighted by atomic mass is 19.1. The molecular formula is C20H21FN2O2. The number of ether oxygens (including phenoxy) is 1. The first kappa shape index (κ1) is 16.1. The smallest absolute Gasteiger partial charge is 0.227 e. The van der Waals surface area contributed by atoms with Crippen LogP contribution in [0.2, 0.25) is 0 Å². The van der Waals surface area contributed by atoms with E-state index in [0.717, 1.165) is 36.8 Å². The molecule has 1 spiro atoms. The number of rotatable bonds is 2. The van der Waals surface area contributed by atoms with Crippen LogP contribution in [0, 0.1) is 5.82 Å². The molecule has 5 heteroatoms. The Hall–Kier alpha value is -2.43. The van der Waals surface area contributed by atoms with E-state index in [9.17, 15) is 9.18 Å². The van der Waals surface area contributed by atoms with Gasteiger partial charge in [-0.15, -0.1) is 0 Å². The van der Waals surface area contributed by atoms with Gasteiger partial charge < -0.3 is 9.64 Å². The minimum absolute atomic E-state index is 0.130. The number of hydrogen-bond acceptors (Lipinski definition) is 3. The van der Waals surface area contributed by atoms with Gasteiger partial charge in [0, 0.05) is 44.4 Å². The van der Waals surface area contributed by atoms with Crippen molar-refractivity contribution in [2.24, 2.45) is 0 Å². The van der Waals surface area contributed by atoms with Gasteiger partial charge in [-0.2, -0.15) is 0 Å². The molecule has 0 N–H and O–H groups in total. The molecule has 1 amide bonds. The molecule has 0 bridgehead atoms. The first-order chi connectivity index (χ1) is 12.1. The Bertz CT molecular complexity index is 771. The third-order valence-corrected chi connectivity index (χ3v) is 5.31. The number of benzene rings is 1. The van der Waals surface area contributed by atoms with Crippen molar-refractivity contribution in [3.8, 4) is 5.75 Å². The summed E-state index contributed by atoms with van der Waals surface area (Å²) in [6, 6.07) is 8.55. The van der Waals surface area contributed by atoms with Crippen LogP contribution in [0.5, 0.6) is 5.75 Å². The van der Waals surface area contributed by atoms with Crippen molar-refractivity contribution in [3.63, 3.8) is 0 Å². The molecule has 25 heavy (non-hydrogen) atoms. The summed E-state index contributed by atoms with van der Waals surface area (Å²) >= 11 is 0. The fraction of sp³-hybridized carbons (Fsp3) is 0.400. The molecule has 2 aliphatic rings. The predicted octanol–water partition coefficient (Wildman–Crippen LogP) is 3.15. The van der Waals surface area contributed by atoms with Gasteiger partial charge in [-0.05, 0) is 36.1 Å². The summed E-state index contributed by atoms with van der Waals surface area (Å²) < 4.78 is 19.7. The SMILES string of the molecule is O=C(Cc1cccnc1)N1CCC2(CCc3ccc(F)cc3O2)CC1. The van der Waals surface area contributed by atoms with Gasteiger partial charge in [-0.25, -0.2) is 4.39 Å². The molecule has 2 aliphatic heterocycles. The standard InChI is InChI=1S/C20H21FN2O2/c21-17-4-3-16-5-6-20(25-18(16)13-17)7-10-23(11-8-20)19(24)12-15-2-1-9-22-14-15/h1-4,9,13-14H,5-8,10-12H2. The number of carbonyl (C=O) groups is 1. The second-order valence-corrected chi connectivity index (χ2v) is 6.96. The Kier molecular flexibility index (Phi) is 4.15. The number of likely N-dealkylation sites (tertiary alicyclic amines) is 1. The molecule has 4 nitrogen and oxygen atoms in total. The average molecular weight is 340 g/mol. The molecule has 1 aromatic heterocycles. The van der Waals surface area contributed by atoms with E-state index in [1.807, 2.05) is 23.1 Å². The van der Waals surface area contributed by atoms with Gasteiger partial charge in [0.25, 0.3) is 0 Å². The van der Waals surface area contributed by atoms with Gasteiger partial charge in [0.15, 0.2) is 0 Å². The lowest BCUT2D eigenvalue weighted by molar-refractivity contribution is -0.134. The van der Waals surface area contributed by atoms with Gasteiger partial charge in [0.1, 0.15) is 17.2 Å². The molecule has 130 valence electrons. The minimum Gasteiger partial charge on any atom is -0.487 e. The third kappa shape index (κ3) is 3.36. The van der Waals surface area contributed by atoms with Crippen LogP contribution < -0.4 is 4.74 Å². The van der Waals surface area contributed by atoms with Crippen LogP contribution in [0.25, 0.3) is 0 Å². The van der Waals surface area contributed by atoms with E-state index in [0.29, 0.717) is 25.3 Å². The molecule has 1 aromatic carbocycles. The topological polar surface area (TPSA) is 42.4 Å². The van der Waals surface area contributed by atoms with E-state index < -0.39 is 0 Å². The summed E-state index contributed by atoms with van der Waals surface area (Å²) in [7, 11) is 0. The van der Waals surface area contributed by atoms with Crippen LogP contribution in [0.4, 0.5) is 4.39 Å². The third-order valence-electron chi connectivity index (χ3n) is 5.31. The number of fused-ring (bicyclic) bond motifs is 1. The van der Waals surface area contributed by atoms with Crippen molar-refractivity contribution < 1.29 is 13.9 Å². The molecule has 1 fully saturated rings. The highest BCUT2D eigenvalue weighted by Gasteiger charge is 2.40. The Morgan fingerprint density at radius 1 is 1.24 bits per heavy atom. The zero-order valence-electron chi connectivity index (χ0n) is 14.1. The number of nitrogens with zero attached hydrogens (tertiary/aromatic N) is 2. The summed E-state index contributed by atoms with van der Waals surface area (Å²) in [4.78, 5) is 18.5. The van der Waals surface area contributed by atoms with Gasteiger partial charge in [0.2, 0.25) is 5.91 Å². The number of aryl methyl sites for hydroxylation is 1. The van der Waals surface area contributed by atoms with Crippen molar-refractivity contribution in [1.29, 1.82) is 0 Å². The van der Waals surface area contributed by atoms with Crippen molar-refractivity contribution in [2.75, 3.05) is 13.1 Å². The molecule has 2 aromatic rings. The second-order valence-electron chi connectivity index (χ2n) is 6.96. The molecular weight excluding hydrogens is 319 g/mol. The van der Waals surface area contributed by atoms with Crippen LogP contribution in [-0.4, -0.2) is 34.5 Å². The fourth-order valence-electron chi connectivity index (χ4n) is 3.78. The van der Waals surface area contributed by atoms with E-state index in [4.69, 9.17) is 4.74 Å². The van der Waals surface area contributed by atoms with Gasteiger partial charge in [0.05, 0.1) is 6.42 Å². The number of piperidine rings is 1. The van der Waals surface area contributed by atoms with E-state index in [1.165, 1.54) is 12.1 Å². The number of aromatic nitrogens is 1. The number of carbonyl (C=O) groups excluding carboxylic acids is 1. The highest BCUT2D eigenvalue weighted by molar-refractivity contribution is 5.78. The predicted molar refractivity (Wildman–Crippen MR) is 91.8 cm³/mol. The second kappa shape index (κ2) is 6.47. The molecule has 1 saturated heterocycles. The Morgan fingerprint density at radius 3 is 2.84 bits per heavy atom. The molecule has 0 radical (unpaired) electrons. The van der Waals surface area contributed by atoms with E-state index >= 15 is 0 Å². The summed E-state index contributed by atoms with van der Waals surface area (Å²) in [6.45, 7) is 1.37. The van der Waals surface area contributed by atoms with Gasteiger partial charge in [-0.1, -0.05) is 12.1 Å². The largest absolute Gasteiger partial charge is 0.487 e. The quantitative estimate of drug-likeness (QED) is 0.843. The zero-order chi connectivity index (χ0) is 17.3. The fourth-order valence-corrected chi connectivity index (χ4v) is 3.78. The molecule has 3 heterocycles. The lowest BCUT2D eigenvalue weighted by atomic mass is 9.83. The zero-order valence-corrected chi connectivity index (χ0v) is 14.1. The van der Waals surface area contributed by atoms with Crippen molar-refractivity contribution >= 4 is 5.91 Å². The molecule has 0 aliphatic carbocycles. The van der Waals surface area contributed by atoms with E-state index in [-0.39, 0.29) is 17.3 Å². The Labute approximate surface area is 146 Å². The van der Waals surface area contributed by atoms with Gasteiger partial charge >= 0.3 is 0 Å². The number of halogens is 1. The maximum atomic E-state index is 13.5. The minimum atomic E-state index is -0.264. The maximum Gasteiger partial charge on any atom is 0.227 e. The molecule has 4 rings (SSSR count). The monoisotopic (exact) mass is 340 g/mol. The highest BCUT2D eigenvalue weighted by Crippen LogP contribution is 2.39. The van der Waals surface area contributed by atoms with E-state index in [1.54, 1.807) is 12.4 Å². The molecule has 0 atom stereocenters. The van der Waals surface area contributed by atoms with Crippen LogP contribution >= 0.6 is 0 Å². The molecule has 0 saturated carbocycles. The van der Waals surface area contributed by atoms with Crippen molar-refractivity contribution in [3.05, 3.63) is 59.7 Å². The number of pyridine rings is 1. The van der Waals surface area contributed by atoms with E-state index in [2.05, 4.69) is 4.98 Å². The van der Waals surface area contributed by atoms with Crippen molar-refractivity contribution in [1.82, 2.24) is 9.88 Å². The summed E-state index contributed by atoms with van der Waals surface area (Å²) in [5.41, 5.74) is 1.75. The summed E-state index contributed by atoms with van der Waals surface area (Å²) in [5.74, 6) is 0.534. The molecule has 0 unspecified atom stereocenters. The maximum absolute atomic E-state index is 13.5. The Morgan fingerprint density at radius 2 is 2.08 bits per heavy atom. The number of amides is 1. The van der Waals surface area contributed by atoms with Crippen LogP contribution in [0.15, 0.2) is 42.7 Å². The van der Waals surface area contributed by atoms with Crippen LogP contribution in [0.3, 0.4) is 0 Å². The first-order valence-electron chi connectivity index (χ1n) is 8.78. The van der Waals surface area contributed by atoms with Gasteiger partial charge in [-0.3, -0.25) is 9.78 Å². The lowest BCUT2D eigenvalue weighted by Gasteiger charge is -2.44. The first-order valence-corrected chi connectivity index (χ1v) is 8.78. The summed E-state index contributed by atoms with van der Waals surface area (Å²) in [5, 5.41) is 0. The lowest BCUT2D eigenvalue weighted by Crippen LogP contribution is -2.51. The summed E-state index contributed by atoms with van der Waals surface area (Å²) in [6.07, 6.45) is 7.24. The van der Waals surface area contributed by atoms with Crippen LogP contribution in [-0.2, 0) is 17.6 Å². The normalized spacial score (nSPS) is 18.5. The van der Waals surface area contributed by atoms with Crippen molar-refractivity contribution in [2.45, 2.75) is 37.7 Å².